The summed E-state index contributed by atoms with van der Waals surface area (Å²) in [4.78, 5) is 4.31. The molecule has 6 heteroatoms. The van der Waals surface area contributed by atoms with Gasteiger partial charge < -0.3 is 10.5 Å². The Kier molecular flexibility index (Phi) is 3.52. The number of nitrogen functional groups attached to an aromatic ring is 1. The van der Waals surface area contributed by atoms with Gasteiger partial charge in [-0.25, -0.2) is 4.98 Å². The third-order valence-corrected chi connectivity index (χ3v) is 4.70. The molecule has 2 aromatic rings. The molecular weight excluding hydrogens is 244 g/mol. The molecular formula is C10H12N2O2S2. The van der Waals surface area contributed by atoms with Crippen molar-refractivity contribution in [3.05, 3.63) is 18.2 Å². The average Bonchev–Trinajstić information content (AvgIpc) is 2.68. The van der Waals surface area contributed by atoms with Gasteiger partial charge in [-0.15, -0.1) is 11.3 Å². The van der Waals surface area contributed by atoms with E-state index in [4.69, 9.17) is 10.5 Å². The van der Waals surface area contributed by atoms with Crippen molar-refractivity contribution in [1.82, 2.24) is 4.98 Å². The van der Waals surface area contributed by atoms with E-state index in [1.165, 1.54) is 11.3 Å². The zero-order valence-electron chi connectivity index (χ0n) is 8.80. The SMILES string of the molecule is COCCS(=O)c1nc2ccc(N)cc2s1. The molecule has 0 amide bonds. The van der Waals surface area contributed by atoms with E-state index in [-0.39, 0.29) is 0 Å². The molecule has 1 heterocycles. The molecule has 1 unspecified atom stereocenters. The first kappa shape index (κ1) is 11.5. The normalized spacial score (nSPS) is 13.1. The number of nitrogens with two attached hydrogens (primary N) is 1. The molecule has 0 aliphatic rings. The highest BCUT2D eigenvalue weighted by atomic mass is 32.2. The molecule has 0 aliphatic carbocycles. The van der Waals surface area contributed by atoms with Gasteiger partial charge in [-0.3, -0.25) is 4.21 Å². The van der Waals surface area contributed by atoms with Crippen molar-refractivity contribution in [1.29, 1.82) is 0 Å². The first-order valence-corrected chi connectivity index (χ1v) is 6.87. The molecule has 0 saturated heterocycles. The highest BCUT2D eigenvalue weighted by Crippen LogP contribution is 2.26. The number of hydrogen-bond acceptors (Lipinski definition) is 5. The summed E-state index contributed by atoms with van der Waals surface area (Å²) < 4.78 is 18.3. The van der Waals surface area contributed by atoms with E-state index in [1.54, 1.807) is 13.2 Å². The highest BCUT2D eigenvalue weighted by Gasteiger charge is 2.10. The summed E-state index contributed by atoms with van der Waals surface area (Å²) >= 11 is 1.42. The van der Waals surface area contributed by atoms with Crippen LogP contribution in [0, 0.1) is 0 Å². The summed E-state index contributed by atoms with van der Waals surface area (Å²) in [5.41, 5.74) is 7.22. The molecule has 0 fully saturated rings. The Morgan fingerprint density at radius 2 is 2.38 bits per heavy atom. The van der Waals surface area contributed by atoms with Crippen molar-refractivity contribution in [2.75, 3.05) is 25.2 Å². The first-order valence-electron chi connectivity index (χ1n) is 4.74. The van der Waals surface area contributed by atoms with Crippen LogP contribution in [0.1, 0.15) is 0 Å². The summed E-state index contributed by atoms with van der Waals surface area (Å²) in [5.74, 6) is 0.478. The third kappa shape index (κ3) is 2.40. The second-order valence-electron chi connectivity index (χ2n) is 3.25. The van der Waals surface area contributed by atoms with Crippen LogP contribution >= 0.6 is 11.3 Å². The summed E-state index contributed by atoms with van der Waals surface area (Å²) in [5, 5.41) is 0. The van der Waals surface area contributed by atoms with Crippen LogP contribution in [0.5, 0.6) is 0 Å². The Morgan fingerprint density at radius 1 is 1.56 bits per heavy atom. The summed E-state index contributed by atoms with van der Waals surface area (Å²) in [7, 11) is 0.513. The van der Waals surface area contributed by atoms with Gasteiger partial charge in [0.15, 0.2) is 4.34 Å². The van der Waals surface area contributed by atoms with Crippen LogP contribution in [0.15, 0.2) is 22.5 Å². The minimum Gasteiger partial charge on any atom is -0.399 e. The minimum absolute atomic E-state index is 0.477. The molecule has 2 N–H and O–H groups in total. The van der Waals surface area contributed by atoms with Crippen LogP contribution in [0.4, 0.5) is 5.69 Å². The van der Waals surface area contributed by atoms with Gasteiger partial charge >= 0.3 is 0 Å². The molecule has 0 aliphatic heterocycles. The smallest absolute Gasteiger partial charge is 0.181 e. The topological polar surface area (TPSA) is 65.2 Å². The number of anilines is 1. The van der Waals surface area contributed by atoms with Crippen molar-refractivity contribution >= 4 is 38.0 Å². The number of nitrogens with zero attached hydrogens (tertiary/aromatic N) is 1. The van der Waals surface area contributed by atoms with Crippen molar-refractivity contribution in [3.8, 4) is 0 Å². The number of hydrogen-bond donors (Lipinski definition) is 1. The highest BCUT2D eigenvalue weighted by molar-refractivity contribution is 7.87. The quantitative estimate of drug-likeness (QED) is 0.844. The monoisotopic (exact) mass is 256 g/mol. The maximum absolute atomic E-state index is 11.8. The molecule has 0 bridgehead atoms. The maximum Gasteiger partial charge on any atom is 0.181 e. The van der Waals surface area contributed by atoms with Crippen LogP contribution < -0.4 is 5.73 Å². The lowest BCUT2D eigenvalue weighted by atomic mass is 10.3. The second kappa shape index (κ2) is 4.90. The number of aromatic nitrogens is 1. The van der Waals surface area contributed by atoms with Crippen molar-refractivity contribution in [2.24, 2.45) is 0 Å². The molecule has 0 radical (unpaired) electrons. The molecule has 16 heavy (non-hydrogen) atoms. The van der Waals surface area contributed by atoms with Gasteiger partial charge in [-0.2, -0.15) is 0 Å². The van der Waals surface area contributed by atoms with Crippen LogP contribution in [0.2, 0.25) is 0 Å². The predicted molar refractivity (Wildman–Crippen MR) is 67.2 cm³/mol. The van der Waals surface area contributed by atoms with Crippen molar-refractivity contribution in [2.45, 2.75) is 4.34 Å². The van der Waals surface area contributed by atoms with E-state index in [0.29, 0.717) is 22.4 Å². The van der Waals surface area contributed by atoms with Crippen LogP contribution in [0.3, 0.4) is 0 Å². The fourth-order valence-corrected chi connectivity index (χ4v) is 3.59. The molecule has 0 spiro atoms. The lowest BCUT2D eigenvalue weighted by molar-refractivity contribution is 0.218. The number of methoxy groups -OCH3 is 1. The Labute approximate surface area is 99.9 Å². The predicted octanol–water partition coefficient (Wildman–Crippen LogP) is 1.63. The molecule has 1 atom stereocenters. The van der Waals surface area contributed by atoms with Crippen molar-refractivity contribution in [3.63, 3.8) is 0 Å². The fourth-order valence-electron chi connectivity index (χ4n) is 1.26. The van der Waals surface area contributed by atoms with Crippen LogP contribution in [-0.2, 0) is 15.5 Å². The van der Waals surface area contributed by atoms with Gasteiger partial charge in [0.2, 0.25) is 0 Å². The molecule has 4 nitrogen and oxygen atoms in total. The second-order valence-corrected chi connectivity index (χ2v) is 6.02. The number of rotatable bonds is 4. The van der Waals surface area contributed by atoms with E-state index in [9.17, 15) is 4.21 Å². The van der Waals surface area contributed by atoms with Gasteiger partial charge in [-0.05, 0) is 18.2 Å². The lowest BCUT2D eigenvalue weighted by Crippen LogP contribution is -2.03. The lowest BCUT2D eigenvalue weighted by Gasteiger charge is -1.95. The maximum atomic E-state index is 11.8. The van der Waals surface area contributed by atoms with E-state index in [0.717, 1.165) is 10.2 Å². The summed E-state index contributed by atoms with van der Waals surface area (Å²) in [6.45, 7) is 0.477. The van der Waals surface area contributed by atoms with E-state index in [2.05, 4.69) is 4.98 Å². The Morgan fingerprint density at radius 3 is 3.12 bits per heavy atom. The van der Waals surface area contributed by atoms with Gasteiger partial charge in [0, 0.05) is 12.8 Å². The van der Waals surface area contributed by atoms with Gasteiger partial charge in [0.25, 0.3) is 0 Å². The minimum atomic E-state index is -1.08. The zero-order valence-corrected chi connectivity index (χ0v) is 10.4. The number of fused-ring (bicyclic) bond motifs is 1. The zero-order chi connectivity index (χ0) is 11.5. The first-order chi connectivity index (χ1) is 7.70. The van der Waals surface area contributed by atoms with Gasteiger partial charge in [0.1, 0.15) is 0 Å². The molecule has 86 valence electrons. The van der Waals surface area contributed by atoms with E-state index in [1.807, 2.05) is 12.1 Å². The largest absolute Gasteiger partial charge is 0.399 e. The van der Waals surface area contributed by atoms with Gasteiger partial charge in [-0.1, -0.05) is 0 Å². The molecule has 0 saturated carbocycles. The standard InChI is InChI=1S/C10H12N2O2S2/c1-14-4-5-16(13)10-12-8-3-2-7(11)6-9(8)15-10/h2-3,6H,4-5,11H2,1H3. The summed E-state index contributed by atoms with van der Waals surface area (Å²) in [6.07, 6.45) is 0. The number of ether oxygens (including phenoxy) is 1. The molecule has 1 aromatic carbocycles. The Balaban J connectivity index is 2.28. The third-order valence-electron chi connectivity index (χ3n) is 2.06. The summed E-state index contributed by atoms with van der Waals surface area (Å²) in [6, 6.07) is 5.49. The number of thiazole rings is 1. The van der Waals surface area contributed by atoms with Crippen LogP contribution in [0.25, 0.3) is 10.2 Å². The van der Waals surface area contributed by atoms with Crippen molar-refractivity contribution < 1.29 is 8.95 Å². The fraction of sp³-hybridized carbons (Fsp3) is 0.300. The number of benzene rings is 1. The Hall–Kier alpha value is -0.980. The molecule has 1 aromatic heterocycles. The molecule has 2 rings (SSSR count). The average molecular weight is 256 g/mol. The van der Waals surface area contributed by atoms with E-state index < -0.39 is 10.8 Å². The Bertz CT molecular complexity index is 525. The van der Waals surface area contributed by atoms with Crippen LogP contribution in [-0.4, -0.2) is 28.7 Å². The van der Waals surface area contributed by atoms with Gasteiger partial charge in [0.05, 0.1) is 33.4 Å². The van der Waals surface area contributed by atoms with E-state index >= 15 is 0 Å².